The molecule has 0 bridgehead atoms. The van der Waals surface area contributed by atoms with Gasteiger partial charge in [-0.25, -0.2) is 0 Å². The monoisotopic (exact) mass is 265 g/mol. The fraction of sp³-hybridized carbons (Fsp3) is 0.800. The molecule has 0 spiro atoms. The Balaban J connectivity index is 1.93. The number of nitrogens with zero attached hydrogens (tertiary/aromatic N) is 2. The first kappa shape index (κ1) is 14.5. The normalized spacial score (nSPS) is 22.3. The van der Waals surface area contributed by atoms with Crippen molar-refractivity contribution in [3.8, 4) is 0 Å². The minimum atomic E-state index is 0.0366. The Morgan fingerprint density at radius 2 is 2.26 bits per heavy atom. The molecule has 1 unspecified atom stereocenters. The van der Waals surface area contributed by atoms with Crippen LogP contribution < -0.4 is 5.32 Å². The van der Waals surface area contributed by atoms with Gasteiger partial charge >= 0.3 is 0 Å². The van der Waals surface area contributed by atoms with Crippen molar-refractivity contribution in [2.24, 2.45) is 0 Å². The Labute approximate surface area is 116 Å². The summed E-state index contributed by atoms with van der Waals surface area (Å²) in [6.45, 7) is 12.5. The Kier molecular flexibility index (Phi) is 4.31. The molecule has 0 aliphatic carbocycles. The van der Waals surface area contributed by atoms with Crippen LogP contribution in [0, 0.1) is 6.92 Å². The summed E-state index contributed by atoms with van der Waals surface area (Å²) in [4.78, 5) is 0. The summed E-state index contributed by atoms with van der Waals surface area (Å²) in [5.41, 5.74) is 2.44. The van der Waals surface area contributed by atoms with Crippen molar-refractivity contribution in [1.82, 2.24) is 15.1 Å². The molecule has 0 amide bonds. The highest BCUT2D eigenvalue weighted by molar-refractivity contribution is 5.15. The van der Waals surface area contributed by atoms with Gasteiger partial charge in [-0.1, -0.05) is 13.8 Å². The van der Waals surface area contributed by atoms with Crippen molar-refractivity contribution in [1.29, 1.82) is 0 Å². The van der Waals surface area contributed by atoms with E-state index in [-0.39, 0.29) is 5.60 Å². The standard InChI is InChI=1S/C15H27N3O/c1-11(2)16-8-13-9-18(17-12(13)3)10-14-6-7-15(4,5)19-14/h9,11,14,16H,6-8,10H2,1-5H3. The Hall–Kier alpha value is -0.870. The molecule has 2 heterocycles. The number of aromatic nitrogens is 2. The van der Waals surface area contributed by atoms with E-state index in [0.29, 0.717) is 12.1 Å². The lowest BCUT2D eigenvalue weighted by Gasteiger charge is -2.19. The molecule has 1 aromatic rings. The van der Waals surface area contributed by atoms with Gasteiger partial charge in [0.25, 0.3) is 0 Å². The minimum absolute atomic E-state index is 0.0366. The van der Waals surface area contributed by atoms with E-state index in [2.05, 4.69) is 51.2 Å². The molecule has 19 heavy (non-hydrogen) atoms. The Morgan fingerprint density at radius 3 is 2.84 bits per heavy atom. The van der Waals surface area contributed by atoms with Crippen molar-refractivity contribution in [2.45, 2.75) is 78.3 Å². The van der Waals surface area contributed by atoms with Crippen LogP contribution in [0.25, 0.3) is 0 Å². The van der Waals surface area contributed by atoms with E-state index in [4.69, 9.17) is 4.74 Å². The van der Waals surface area contributed by atoms with Crippen LogP contribution in [-0.4, -0.2) is 27.5 Å². The number of rotatable bonds is 5. The summed E-state index contributed by atoms with van der Waals surface area (Å²) < 4.78 is 8.06. The summed E-state index contributed by atoms with van der Waals surface area (Å²) in [6, 6.07) is 0.502. The average Bonchev–Trinajstić information content (AvgIpc) is 2.79. The van der Waals surface area contributed by atoms with Crippen molar-refractivity contribution in [3.63, 3.8) is 0 Å². The van der Waals surface area contributed by atoms with Crippen LogP contribution in [-0.2, 0) is 17.8 Å². The lowest BCUT2D eigenvalue weighted by molar-refractivity contribution is -0.0230. The van der Waals surface area contributed by atoms with Crippen molar-refractivity contribution in [3.05, 3.63) is 17.5 Å². The average molecular weight is 265 g/mol. The topological polar surface area (TPSA) is 39.1 Å². The third kappa shape index (κ3) is 4.05. The summed E-state index contributed by atoms with van der Waals surface area (Å²) in [7, 11) is 0. The predicted molar refractivity (Wildman–Crippen MR) is 77.1 cm³/mol. The van der Waals surface area contributed by atoms with Crippen LogP contribution in [0.5, 0.6) is 0 Å². The van der Waals surface area contributed by atoms with Gasteiger partial charge in [0.15, 0.2) is 0 Å². The van der Waals surface area contributed by atoms with Crippen LogP contribution in [0.4, 0.5) is 0 Å². The third-order valence-corrected chi connectivity index (χ3v) is 3.69. The van der Waals surface area contributed by atoms with E-state index >= 15 is 0 Å². The fourth-order valence-electron chi connectivity index (χ4n) is 2.56. The first-order chi connectivity index (χ1) is 8.85. The first-order valence-corrected chi connectivity index (χ1v) is 7.30. The van der Waals surface area contributed by atoms with E-state index in [1.165, 1.54) is 5.56 Å². The second kappa shape index (κ2) is 5.63. The minimum Gasteiger partial charge on any atom is -0.370 e. The maximum atomic E-state index is 6.02. The zero-order valence-corrected chi connectivity index (χ0v) is 12.9. The van der Waals surface area contributed by atoms with Crippen molar-refractivity contribution in [2.75, 3.05) is 0 Å². The van der Waals surface area contributed by atoms with E-state index in [9.17, 15) is 0 Å². The Morgan fingerprint density at radius 1 is 1.53 bits per heavy atom. The molecule has 4 heteroatoms. The zero-order valence-electron chi connectivity index (χ0n) is 12.9. The van der Waals surface area contributed by atoms with Gasteiger partial charge < -0.3 is 10.1 Å². The van der Waals surface area contributed by atoms with E-state index in [0.717, 1.165) is 31.6 Å². The van der Waals surface area contributed by atoms with Crippen LogP contribution in [0.2, 0.25) is 0 Å². The molecule has 108 valence electrons. The van der Waals surface area contributed by atoms with Crippen LogP contribution in [0.1, 0.15) is 51.8 Å². The molecule has 2 rings (SSSR count). The van der Waals surface area contributed by atoms with Crippen LogP contribution >= 0.6 is 0 Å². The molecular formula is C15H27N3O. The Bertz CT molecular complexity index is 423. The summed E-state index contributed by atoms with van der Waals surface area (Å²) >= 11 is 0. The number of nitrogens with one attached hydrogen (secondary N) is 1. The maximum absolute atomic E-state index is 6.02. The molecule has 4 nitrogen and oxygen atoms in total. The van der Waals surface area contributed by atoms with Crippen LogP contribution in [0.15, 0.2) is 6.20 Å². The van der Waals surface area contributed by atoms with Gasteiger partial charge in [0, 0.05) is 24.3 Å². The van der Waals surface area contributed by atoms with Gasteiger partial charge in [-0.15, -0.1) is 0 Å². The number of ether oxygens (including phenoxy) is 1. The smallest absolute Gasteiger partial charge is 0.0779 e. The number of hydrogen-bond acceptors (Lipinski definition) is 3. The van der Waals surface area contributed by atoms with Gasteiger partial charge in [0.1, 0.15) is 0 Å². The molecule has 1 fully saturated rings. The van der Waals surface area contributed by atoms with Crippen LogP contribution in [0.3, 0.4) is 0 Å². The highest BCUT2D eigenvalue weighted by atomic mass is 16.5. The predicted octanol–water partition coefficient (Wildman–Crippen LogP) is 2.65. The second-order valence-electron chi connectivity index (χ2n) is 6.54. The molecule has 0 aromatic carbocycles. The number of hydrogen-bond donors (Lipinski definition) is 1. The van der Waals surface area contributed by atoms with Gasteiger partial charge in [-0.2, -0.15) is 5.10 Å². The highest BCUT2D eigenvalue weighted by Crippen LogP contribution is 2.30. The van der Waals surface area contributed by atoms with Crippen molar-refractivity contribution < 1.29 is 4.74 Å². The molecule has 1 aliphatic heterocycles. The first-order valence-electron chi connectivity index (χ1n) is 7.30. The fourth-order valence-corrected chi connectivity index (χ4v) is 2.56. The van der Waals surface area contributed by atoms with Gasteiger partial charge in [-0.05, 0) is 33.6 Å². The van der Waals surface area contributed by atoms with Gasteiger partial charge in [0.05, 0.1) is 23.9 Å². The third-order valence-electron chi connectivity index (χ3n) is 3.69. The molecule has 1 N–H and O–H groups in total. The zero-order chi connectivity index (χ0) is 14.0. The molecule has 1 atom stereocenters. The molecule has 0 radical (unpaired) electrons. The van der Waals surface area contributed by atoms with E-state index in [1.54, 1.807) is 0 Å². The molecule has 1 aliphatic rings. The quantitative estimate of drug-likeness (QED) is 0.889. The maximum Gasteiger partial charge on any atom is 0.0779 e. The molecule has 1 aromatic heterocycles. The second-order valence-corrected chi connectivity index (χ2v) is 6.54. The highest BCUT2D eigenvalue weighted by Gasteiger charge is 2.31. The van der Waals surface area contributed by atoms with E-state index < -0.39 is 0 Å². The molecule has 0 saturated carbocycles. The van der Waals surface area contributed by atoms with Gasteiger partial charge in [0.2, 0.25) is 0 Å². The number of aryl methyl sites for hydroxylation is 1. The summed E-state index contributed by atoms with van der Waals surface area (Å²) in [5, 5.41) is 8.03. The van der Waals surface area contributed by atoms with Gasteiger partial charge in [-0.3, -0.25) is 4.68 Å². The molecular weight excluding hydrogens is 238 g/mol. The lowest BCUT2D eigenvalue weighted by Crippen LogP contribution is -2.23. The summed E-state index contributed by atoms with van der Waals surface area (Å²) in [5.74, 6) is 0. The lowest BCUT2D eigenvalue weighted by atomic mass is 10.1. The SMILES string of the molecule is Cc1nn(CC2CCC(C)(C)O2)cc1CNC(C)C. The largest absolute Gasteiger partial charge is 0.370 e. The molecule has 1 saturated heterocycles. The van der Waals surface area contributed by atoms with E-state index in [1.807, 2.05) is 4.68 Å². The van der Waals surface area contributed by atoms with Crippen molar-refractivity contribution >= 4 is 0 Å². The summed E-state index contributed by atoms with van der Waals surface area (Å²) in [6.07, 6.45) is 4.73.